The lowest BCUT2D eigenvalue weighted by Crippen LogP contribution is -2.52. The third kappa shape index (κ3) is 5.37. The molecule has 1 aliphatic carbocycles. The van der Waals surface area contributed by atoms with Gasteiger partial charge in [-0.15, -0.1) is 0 Å². The van der Waals surface area contributed by atoms with Gasteiger partial charge in [-0.05, 0) is 55.7 Å². The number of fused-ring (bicyclic) bond motifs is 1. The van der Waals surface area contributed by atoms with Crippen molar-refractivity contribution in [2.75, 3.05) is 6.61 Å². The van der Waals surface area contributed by atoms with Gasteiger partial charge in [0.25, 0.3) is 11.8 Å². The number of pyridine rings is 1. The largest absolute Gasteiger partial charge is 0.485 e. The molecule has 0 radical (unpaired) electrons. The summed E-state index contributed by atoms with van der Waals surface area (Å²) in [5.74, 6) is 1.56. The number of nitrogens with zero attached hydrogens (tertiary/aromatic N) is 2. The Hall–Kier alpha value is -3.81. The number of carbonyl (C=O) groups is 2. The van der Waals surface area contributed by atoms with Gasteiger partial charge in [0, 0.05) is 25.0 Å². The molecule has 2 atom stereocenters. The topological polar surface area (TPSA) is 93.9 Å². The zero-order valence-electron chi connectivity index (χ0n) is 20.4. The Morgan fingerprint density at radius 1 is 1.06 bits per heavy atom. The van der Waals surface area contributed by atoms with Crippen molar-refractivity contribution < 1.29 is 23.5 Å². The Balaban J connectivity index is 1.47. The Labute approximate surface area is 210 Å². The maximum Gasteiger partial charge on any atom is 0.268 e. The van der Waals surface area contributed by atoms with Crippen molar-refractivity contribution >= 4 is 11.8 Å². The van der Waals surface area contributed by atoms with Gasteiger partial charge in [-0.3, -0.25) is 14.6 Å². The molecule has 1 aliphatic heterocycles. The summed E-state index contributed by atoms with van der Waals surface area (Å²) in [5, 5.41) is 3.19. The number of aryl methyl sites for hydroxylation is 1. The van der Waals surface area contributed by atoms with Crippen LogP contribution in [0.2, 0.25) is 0 Å². The number of furan rings is 1. The molecule has 1 N–H and O–H groups in total. The number of carbonyl (C=O) groups excluding carboxylic acids is 2. The van der Waals surface area contributed by atoms with E-state index in [1.807, 2.05) is 31.2 Å². The second kappa shape index (κ2) is 10.8. The van der Waals surface area contributed by atoms with Crippen LogP contribution in [0.15, 0.2) is 65.3 Å². The number of aromatic nitrogens is 1. The molecule has 1 fully saturated rings. The van der Waals surface area contributed by atoms with Crippen LogP contribution in [0.3, 0.4) is 0 Å². The normalized spacial score (nSPS) is 18.3. The first-order valence-electron chi connectivity index (χ1n) is 12.5. The van der Waals surface area contributed by atoms with Gasteiger partial charge in [-0.2, -0.15) is 0 Å². The molecule has 5 rings (SSSR count). The summed E-state index contributed by atoms with van der Waals surface area (Å²) in [4.78, 5) is 33.5. The van der Waals surface area contributed by atoms with Gasteiger partial charge in [-0.1, -0.05) is 37.5 Å². The first kappa shape index (κ1) is 23.9. The molecule has 8 nitrogen and oxygen atoms in total. The number of rotatable bonds is 7. The van der Waals surface area contributed by atoms with Crippen LogP contribution in [0.4, 0.5) is 0 Å². The lowest BCUT2D eigenvalue weighted by Gasteiger charge is -2.35. The van der Waals surface area contributed by atoms with E-state index in [2.05, 4.69) is 10.3 Å². The number of amides is 2. The second-order valence-corrected chi connectivity index (χ2v) is 9.39. The Kier molecular flexibility index (Phi) is 7.21. The van der Waals surface area contributed by atoms with Crippen LogP contribution in [0.1, 0.15) is 55.2 Å². The second-order valence-electron chi connectivity index (χ2n) is 9.39. The summed E-state index contributed by atoms with van der Waals surface area (Å²) in [6.45, 7) is 2.03. The molecule has 1 saturated carbocycles. The molecule has 0 spiro atoms. The van der Waals surface area contributed by atoms with Crippen molar-refractivity contribution in [2.24, 2.45) is 0 Å². The number of nitrogens with one attached hydrogen (secondary N) is 1. The molecule has 0 bridgehead atoms. The SMILES string of the molecule is Cc1ccc([C@H](C(=O)NC2CCCCC2)N(Cc2cccnc2)C(=O)[C@@H]2COc3ccccc3O2)o1. The molecule has 0 saturated heterocycles. The number of ether oxygens (including phenoxy) is 2. The molecule has 8 heteroatoms. The fourth-order valence-electron chi connectivity index (χ4n) is 4.86. The quantitative estimate of drug-likeness (QED) is 0.531. The summed E-state index contributed by atoms with van der Waals surface area (Å²) < 4.78 is 17.8. The molecule has 1 aromatic carbocycles. The van der Waals surface area contributed by atoms with Crippen molar-refractivity contribution in [1.82, 2.24) is 15.2 Å². The highest BCUT2D eigenvalue weighted by Gasteiger charge is 2.40. The van der Waals surface area contributed by atoms with E-state index < -0.39 is 12.1 Å². The van der Waals surface area contributed by atoms with Gasteiger partial charge in [0.15, 0.2) is 17.5 Å². The van der Waals surface area contributed by atoms with Crippen molar-refractivity contribution in [1.29, 1.82) is 0 Å². The molecule has 0 unspecified atom stereocenters. The summed E-state index contributed by atoms with van der Waals surface area (Å²) >= 11 is 0. The molecule has 3 aromatic rings. The standard InChI is InChI=1S/C28H31N3O5/c1-19-13-14-24(35-19)26(27(32)30-21-9-3-2-4-10-21)31(17-20-8-7-15-29-16-20)28(33)25-18-34-22-11-5-6-12-23(22)36-25/h5-8,11-16,21,25-26H,2-4,9-10,17-18H2,1H3,(H,30,32)/t25-,26+/m0/s1. The van der Waals surface area contributed by atoms with Crippen LogP contribution in [0.5, 0.6) is 11.5 Å². The summed E-state index contributed by atoms with van der Waals surface area (Å²) in [6.07, 6.45) is 7.67. The maximum atomic E-state index is 14.0. The van der Waals surface area contributed by atoms with Crippen molar-refractivity contribution in [3.63, 3.8) is 0 Å². The van der Waals surface area contributed by atoms with E-state index in [4.69, 9.17) is 13.9 Å². The molecule has 36 heavy (non-hydrogen) atoms. The third-order valence-electron chi connectivity index (χ3n) is 6.69. The van der Waals surface area contributed by atoms with Gasteiger partial charge >= 0.3 is 0 Å². The minimum absolute atomic E-state index is 0.0491. The predicted molar refractivity (Wildman–Crippen MR) is 132 cm³/mol. The number of hydrogen-bond donors (Lipinski definition) is 1. The average molecular weight is 490 g/mol. The molecule has 188 valence electrons. The highest BCUT2D eigenvalue weighted by atomic mass is 16.6. The van der Waals surface area contributed by atoms with E-state index in [0.717, 1.165) is 31.2 Å². The van der Waals surface area contributed by atoms with Crippen LogP contribution in [0.25, 0.3) is 0 Å². The molecular weight excluding hydrogens is 458 g/mol. The minimum atomic E-state index is -0.964. The van der Waals surface area contributed by atoms with Gasteiger partial charge in [0.1, 0.15) is 18.1 Å². The van der Waals surface area contributed by atoms with Crippen molar-refractivity contribution in [2.45, 2.75) is 63.8 Å². The van der Waals surface area contributed by atoms with Gasteiger partial charge in [0.2, 0.25) is 6.10 Å². The fraction of sp³-hybridized carbons (Fsp3) is 0.393. The number of benzene rings is 1. The first-order valence-corrected chi connectivity index (χ1v) is 12.5. The molecule has 3 heterocycles. The van der Waals surface area contributed by atoms with E-state index in [0.29, 0.717) is 23.0 Å². The van der Waals surface area contributed by atoms with Gasteiger partial charge in [0.05, 0.1) is 0 Å². The Bertz CT molecular complexity index is 1190. The Morgan fingerprint density at radius 2 is 1.86 bits per heavy atom. The molecule has 2 aromatic heterocycles. The number of para-hydroxylation sites is 2. The monoisotopic (exact) mass is 489 g/mol. The summed E-state index contributed by atoms with van der Waals surface area (Å²) in [5.41, 5.74) is 0.793. The lowest BCUT2D eigenvalue weighted by molar-refractivity contribution is -0.150. The highest BCUT2D eigenvalue weighted by Crippen LogP contribution is 2.33. The van der Waals surface area contributed by atoms with Crippen LogP contribution in [0, 0.1) is 6.92 Å². The van der Waals surface area contributed by atoms with E-state index in [9.17, 15) is 9.59 Å². The molecule has 2 aliphatic rings. The van der Waals surface area contributed by atoms with Crippen LogP contribution in [-0.4, -0.2) is 40.5 Å². The van der Waals surface area contributed by atoms with Crippen molar-refractivity contribution in [3.8, 4) is 11.5 Å². The lowest BCUT2D eigenvalue weighted by atomic mass is 9.95. The van der Waals surface area contributed by atoms with E-state index in [1.54, 1.807) is 36.7 Å². The molecular formula is C28H31N3O5. The Morgan fingerprint density at radius 3 is 2.58 bits per heavy atom. The minimum Gasteiger partial charge on any atom is -0.485 e. The zero-order chi connectivity index (χ0) is 24.9. The third-order valence-corrected chi connectivity index (χ3v) is 6.69. The number of hydrogen-bond acceptors (Lipinski definition) is 6. The first-order chi connectivity index (χ1) is 17.6. The average Bonchev–Trinajstić information content (AvgIpc) is 3.34. The van der Waals surface area contributed by atoms with Crippen LogP contribution < -0.4 is 14.8 Å². The van der Waals surface area contributed by atoms with Gasteiger partial charge < -0.3 is 24.1 Å². The highest BCUT2D eigenvalue weighted by molar-refractivity contribution is 5.90. The summed E-state index contributed by atoms with van der Waals surface area (Å²) in [7, 11) is 0. The zero-order valence-corrected chi connectivity index (χ0v) is 20.4. The van der Waals surface area contributed by atoms with Crippen LogP contribution >= 0.6 is 0 Å². The smallest absolute Gasteiger partial charge is 0.268 e. The van der Waals surface area contributed by atoms with E-state index >= 15 is 0 Å². The maximum absolute atomic E-state index is 14.0. The fourth-order valence-corrected chi connectivity index (χ4v) is 4.86. The van der Waals surface area contributed by atoms with Gasteiger partial charge in [-0.25, -0.2) is 0 Å². The van der Waals surface area contributed by atoms with Crippen LogP contribution in [-0.2, 0) is 16.1 Å². The summed E-state index contributed by atoms with van der Waals surface area (Å²) in [6, 6.07) is 13.6. The molecule has 2 amide bonds. The van der Waals surface area contributed by atoms with E-state index in [1.165, 1.54) is 11.3 Å². The predicted octanol–water partition coefficient (Wildman–Crippen LogP) is 4.34. The van der Waals surface area contributed by atoms with Crippen molar-refractivity contribution in [3.05, 3.63) is 78.0 Å². The van der Waals surface area contributed by atoms with E-state index in [-0.39, 0.29) is 31.0 Å².